The number of nitrogens with one attached hydrogen (secondary N) is 2. The number of fused-ring (bicyclic) bond motifs is 1. The average molecular weight is 371 g/mol. The van der Waals surface area contributed by atoms with Gasteiger partial charge in [0.15, 0.2) is 0 Å². The normalized spacial score (nSPS) is 17.8. The summed E-state index contributed by atoms with van der Waals surface area (Å²) in [5.74, 6) is 0.234. The minimum atomic E-state index is -0.269. The molecule has 1 unspecified atom stereocenters. The summed E-state index contributed by atoms with van der Waals surface area (Å²) in [4.78, 5) is 17.2. The summed E-state index contributed by atoms with van der Waals surface area (Å²) in [6.45, 7) is 1.82. The van der Waals surface area contributed by atoms with Gasteiger partial charge in [-0.05, 0) is 37.6 Å². The molecule has 3 heterocycles. The zero-order valence-corrected chi connectivity index (χ0v) is 14.9. The van der Waals surface area contributed by atoms with Crippen LogP contribution in [-0.2, 0) is 0 Å². The molecule has 0 bridgehead atoms. The SMILES string of the molecule is O=C(Nc1nc2cccc(Cl)c2n1C1CCCCNC1)c1ccnnc1. The van der Waals surface area contributed by atoms with Crippen LogP contribution in [0.15, 0.2) is 36.7 Å². The molecule has 1 fully saturated rings. The first-order chi connectivity index (χ1) is 12.7. The van der Waals surface area contributed by atoms with Crippen LogP contribution in [0, 0.1) is 0 Å². The Morgan fingerprint density at radius 3 is 3.04 bits per heavy atom. The molecule has 1 aliphatic heterocycles. The van der Waals surface area contributed by atoms with Gasteiger partial charge in [0.25, 0.3) is 5.91 Å². The third-order valence-corrected chi connectivity index (χ3v) is 4.92. The van der Waals surface area contributed by atoms with Crippen LogP contribution in [0.2, 0.25) is 5.02 Å². The van der Waals surface area contributed by atoms with E-state index in [0.717, 1.165) is 43.4 Å². The second-order valence-electron chi connectivity index (χ2n) is 6.35. The van der Waals surface area contributed by atoms with E-state index in [-0.39, 0.29) is 11.9 Å². The predicted molar refractivity (Wildman–Crippen MR) is 100 cm³/mol. The Kier molecular flexibility index (Phi) is 4.81. The molecular weight excluding hydrogens is 352 g/mol. The van der Waals surface area contributed by atoms with Crippen LogP contribution in [0.5, 0.6) is 0 Å². The fourth-order valence-electron chi connectivity index (χ4n) is 3.37. The van der Waals surface area contributed by atoms with E-state index < -0.39 is 0 Å². The Labute approximate surface area is 155 Å². The van der Waals surface area contributed by atoms with Crippen molar-refractivity contribution in [3.05, 3.63) is 47.2 Å². The zero-order valence-electron chi connectivity index (χ0n) is 14.2. The Bertz CT molecular complexity index is 918. The smallest absolute Gasteiger partial charge is 0.259 e. The van der Waals surface area contributed by atoms with E-state index in [1.165, 1.54) is 12.4 Å². The molecule has 4 rings (SSSR count). The van der Waals surface area contributed by atoms with Crippen molar-refractivity contribution < 1.29 is 4.79 Å². The number of nitrogens with zero attached hydrogens (tertiary/aromatic N) is 4. The predicted octanol–water partition coefficient (Wildman–Crippen LogP) is 3.05. The maximum atomic E-state index is 12.6. The molecule has 1 amide bonds. The van der Waals surface area contributed by atoms with Gasteiger partial charge >= 0.3 is 0 Å². The Balaban J connectivity index is 1.77. The van der Waals surface area contributed by atoms with E-state index in [9.17, 15) is 4.79 Å². The van der Waals surface area contributed by atoms with Crippen molar-refractivity contribution in [2.24, 2.45) is 0 Å². The second kappa shape index (κ2) is 7.39. The largest absolute Gasteiger partial charge is 0.315 e. The second-order valence-corrected chi connectivity index (χ2v) is 6.76. The van der Waals surface area contributed by atoms with Gasteiger partial charge in [-0.1, -0.05) is 24.1 Å². The van der Waals surface area contributed by atoms with Gasteiger partial charge in [0, 0.05) is 12.6 Å². The van der Waals surface area contributed by atoms with Gasteiger partial charge in [0.1, 0.15) is 0 Å². The summed E-state index contributed by atoms with van der Waals surface area (Å²) in [5, 5.41) is 14.5. The van der Waals surface area contributed by atoms with Crippen molar-refractivity contribution in [3.8, 4) is 0 Å². The highest BCUT2D eigenvalue weighted by atomic mass is 35.5. The number of hydrogen-bond donors (Lipinski definition) is 2. The number of rotatable bonds is 3. The maximum absolute atomic E-state index is 12.6. The first kappa shape index (κ1) is 16.9. The van der Waals surface area contributed by atoms with E-state index in [0.29, 0.717) is 16.5 Å². The summed E-state index contributed by atoms with van der Waals surface area (Å²) in [5.41, 5.74) is 2.06. The number of amides is 1. The lowest BCUT2D eigenvalue weighted by Gasteiger charge is -2.20. The van der Waals surface area contributed by atoms with Crippen molar-refractivity contribution in [1.82, 2.24) is 25.1 Å². The lowest BCUT2D eigenvalue weighted by Crippen LogP contribution is -2.25. The van der Waals surface area contributed by atoms with E-state index >= 15 is 0 Å². The highest BCUT2D eigenvalue weighted by Crippen LogP contribution is 2.32. The molecule has 0 spiro atoms. The van der Waals surface area contributed by atoms with Crippen molar-refractivity contribution in [1.29, 1.82) is 0 Å². The Morgan fingerprint density at radius 2 is 2.19 bits per heavy atom. The summed E-state index contributed by atoms with van der Waals surface area (Å²) in [6, 6.07) is 7.42. The monoisotopic (exact) mass is 370 g/mol. The lowest BCUT2D eigenvalue weighted by atomic mass is 10.1. The van der Waals surface area contributed by atoms with E-state index in [4.69, 9.17) is 11.6 Å². The molecule has 2 N–H and O–H groups in total. The topological polar surface area (TPSA) is 84.7 Å². The molecule has 1 aliphatic rings. The number of benzene rings is 1. The number of halogens is 1. The number of para-hydroxylation sites is 1. The number of anilines is 1. The Morgan fingerprint density at radius 1 is 1.27 bits per heavy atom. The minimum absolute atomic E-state index is 0.174. The summed E-state index contributed by atoms with van der Waals surface area (Å²) >= 11 is 6.48. The molecule has 8 heteroatoms. The van der Waals surface area contributed by atoms with Crippen molar-refractivity contribution in [3.63, 3.8) is 0 Å². The molecule has 26 heavy (non-hydrogen) atoms. The van der Waals surface area contributed by atoms with Crippen LogP contribution in [0.4, 0.5) is 5.95 Å². The van der Waals surface area contributed by atoms with Gasteiger partial charge in [-0.15, -0.1) is 0 Å². The third-order valence-electron chi connectivity index (χ3n) is 4.62. The molecule has 0 radical (unpaired) electrons. The maximum Gasteiger partial charge on any atom is 0.259 e. The highest BCUT2D eigenvalue weighted by Gasteiger charge is 2.23. The molecule has 7 nitrogen and oxygen atoms in total. The number of imidazole rings is 1. The quantitative estimate of drug-likeness (QED) is 0.740. The van der Waals surface area contributed by atoms with Gasteiger partial charge in [-0.3, -0.25) is 10.1 Å². The molecule has 134 valence electrons. The van der Waals surface area contributed by atoms with Crippen LogP contribution in [-0.4, -0.2) is 38.7 Å². The minimum Gasteiger partial charge on any atom is -0.315 e. The van der Waals surface area contributed by atoms with Crippen molar-refractivity contribution >= 4 is 34.5 Å². The molecule has 1 atom stereocenters. The summed E-state index contributed by atoms with van der Waals surface area (Å²) < 4.78 is 2.06. The van der Waals surface area contributed by atoms with Crippen LogP contribution in [0.25, 0.3) is 11.0 Å². The van der Waals surface area contributed by atoms with Gasteiger partial charge < -0.3 is 9.88 Å². The van der Waals surface area contributed by atoms with Crippen LogP contribution >= 0.6 is 11.6 Å². The van der Waals surface area contributed by atoms with Crippen molar-refractivity contribution in [2.75, 3.05) is 18.4 Å². The Hall–Kier alpha value is -2.51. The third kappa shape index (κ3) is 3.27. The van der Waals surface area contributed by atoms with Gasteiger partial charge in [0.05, 0.1) is 34.0 Å². The highest BCUT2D eigenvalue weighted by molar-refractivity contribution is 6.35. The van der Waals surface area contributed by atoms with Crippen LogP contribution < -0.4 is 10.6 Å². The number of hydrogen-bond acceptors (Lipinski definition) is 5. The standard InChI is InChI=1S/C18H19ClN6O/c19-14-5-3-6-15-16(14)25(13-4-1-2-8-20-11-13)18(23-15)24-17(26)12-7-9-21-22-10-12/h3,5-7,9-10,13,20H,1-2,4,8,11H2,(H,23,24,26). The van der Waals surface area contributed by atoms with E-state index in [1.807, 2.05) is 18.2 Å². The van der Waals surface area contributed by atoms with Crippen LogP contribution in [0.1, 0.15) is 35.7 Å². The number of aromatic nitrogens is 4. The lowest BCUT2D eigenvalue weighted by molar-refractivity contribution is 0.102. The van der Waals surface area contributed by atoms with E-state index in [2.05, 4.69) is 30.4 Å². The zero-order chi connectivity index (χ0) is 17.9. The fraction of sp³-hybridized carbons (Fsp3) is 0.333. The van der Waals surface area contributed by atoms with Gasteiger partial charge in [-0.2, -0.15) is 10.2 Å². The summed E-state index contributed by atoms with van der Waals surface area (Å²) in [6.07, 6.45) is 6.18. The van der Waals surface area contributed by atoms with Gasteiger partial charge in [-0.25, -0.2) is 4.98 Å². The average Bonchev–Trinajstić information content (AvgIpc) is 2.83. The molecule has 0 aliphatic carbocycles. The molecule has 0 saturated carbocycles. The summed E-state index contributed by atoms with van der Waals surface area (Å²) in [7, 11) is 0. The molecular formula is C18H19ClN6O. The van der Waals surface area contributed by atoms with Gasteiger partial charge in [0.2, 0.25) is 5.95 Å². The van der Waals surface area contributed by atoms with Crippen molar-refractivity contribution in [2.45, 2.75) is 25.3 Å². The van der Waals surface area contributed by atoms with E-state index in [1.54, 1.807) is 6.07 Å². The first-order valence-corrected chi connectivity index (χ1v) is 9.07. The fourth-order valence-corrected chi connectivity index (χ4v) is 3.63. The molecule has 2 aromatic heterocycles. The molecule has 1 saturated heterocycles. The molecule has 1 aromatic carbocycles. The first-order valence-electron chi connectivity index (χ1n) is 8.69. The molecule has 3 aromatic rings. The van der Waals surface area contributed by atoms with Crippen LogP contribution in [0.3, 0.4) is 0 Å². The number of carbonyl (C=O) groups excluding carboxylic acids is 1. The number of carbonyl (C=O) groups is 1.